The topological polar surface area (TPSA) is 238 Å². The van der Waals surface area contributed by atoms with Crippen LogP contribution in [-0.2, 0) is 35.2 Å². The number of hydrogen-bond donors (Lipinski definition) is 6. The zero-order chi connectivity index (χ0) is 42.1. The molecule has 17 heteroatoms. The first-order valence-corrected chi connectivity index (χ1v) is 22.0. The number of ether oxygens (including phenoxy) is 2. The van der Waals surface area contributed by atoms with E-state index in [1.807, 2.05) is 0 Å². The average molecular weight is 828 g/mol. The zero-order valence-corrected chi connectivity index (χ0v) is 35.4. The molecule has 2 aromatic heterocycles. The van der Waals surface area contributed by atoms with Gasteiger partial charge in [-0.2, -0.15) is 21.7 Å². The molecule has 0 saturated carbocycles. The number of carbonyl (C=O) groups excluding carboxylic acids is 4. The van der Waals surface area contributed by atoms with Crippen molar-refractivity contribution in [1.82, 2.24) is 24.8 Å². The highest BCUT2D eigenvalue weighted by Crippen LogP contribution is 2.19. The Kier molecular flexibility index (Phi) is 22.3. The van der Waals surface area contributed by atoms with Gasteiger partial charge in [0, 0.05) is 36.6 Å². The van der Waals surface area contributed by atoms with Crippen molar-refractivity contribution in [3.8, 4) is 0 Å². The minimum Gasteiger partial charge on any atom is -0.467 e. The largest absolute Gasteiger partial charge is 0.467 e. The van der Waals surface area contributed by atoms with Crippen LogP contribution in [0.5, 0.6) is 0 Å². The Bertz CT molecular complexity index is 1770. The quantitative estimate of drug-likeness (QED) is 0.0353. The molecular weight excluding hydrogens is 763 g/mol. The molecule has 58 heavy (non-hydrogen) atoms. The lowest BCUT2D eigenvalue weighted by atomic mass is 10.1. The first kappa shape index (κ1) is 47.7. The van der Waals surface area contributed by atoms with Gasteiger partial charge in [0.25, 0.3) is 0 Å². The van der Waals surface area contributed by atoms with Crippen LogP contribution in [0.4, 0.5) is 17.5 Å². The number of imidazole rings is 1. The summed E-state index contributed by atoms with van der Waals surface area (Å²) in [5.41, 5.74) is 13.8. The number of nitrogens with zero attached hydrogens (tertiary/aromatic N) is 3. The van der Waals surface area contributed by atoms with Crippen LogP contribution in [0.1, 0.15) is 122 Å². The number of fused-ring (bicyclic) bond motifs is 1. The van der Waals surface area contributed by atoms with Crippen molar-refractivity contribution in [2.75, 3.05) is 48.1 Å². The van der Waals surface area contributed by atoms with Gasteiger partial charge in [-0.3, -0.25) is 19.0 Å². The number of H-pyrrole nitrogens is 1. The average Bonchev–Trinajstić information content (AvgIpc) is 3.53. The molecule has 0 radical (unpaired) electrons. The molecule has 1 aromatic carbocycles. The Hall–Kier alpha value is -4.64. The normalized spacial score (nSPS) is 12.2. The molecule has 2 unspecified atom stereocenters. The smallest absolute Gasteiger partial charge is 0.328 e. The van der Waals surface area contributed by atoms with E-state index in [9.17, 15) is 24.0 Å². The maximum Gasteiger partial charge on any atom is 0.328 e. The van der Waals surface area contributed by atoms with E-state index in [1.54, 1.807) is 24.3 Å². The molecule has 2 atom stereocenters. The van der Waals surface area contributed by atoms with Crippen LogP contribution in [0.15, 0.2) is 29.1 Å². The van der Waals surface area contributed by atoms with E-state index < -0.39 is 24.0 Å². The van der Waals surface area contributed by atoms with E-state index in [4.69, 9.17) is 20.9 Å². The number of anilines is 3. The summed E-state index contributed by atoms with van der Waals surface area (Å²) in [6, 6.07) is 4.94. The van der Waals surface area contributed by atoms with E-state index in [0.29, 0.717) is 41.5 Å². The number of aromatic amines is 1. The number of amides is 2. The summed E-state index contributed by atoms with van der Waals surface area (Å²) in [5, 5.41) is 8.52. The number of nitrogens with two attached hydrogens (primary N) is 2. The molecule has 0 aliphatic heterocycles. The molecule has 3 rings (SSSR count). The van der Waals surface area contributed by atoms with Gasteiger partial charge in [-0.1, -0.05) is 96.6 Å². The van der Waals surface area contributed by atoms with Gasteiger partial charge in [0.15, 0.2) is 11.5 Å². The third kappa shape index (κ3) is 17.5. The molecule has 0 saturated heterocycles. The van der Waals surface area contributed by atoms with Crippen molar-refractivity contribution in [3.05, 3.63) is 40.3 Å². The second-order valence-corrected chi connectivity index (χ2v) is 15.6. The van der Waals surface area contributed by atoms with Crippen molar-refractivity contribution in [3.63, 3.8) is 0 Å². The lowest BCUT2D eigenvalue weighted by molar-refractivity contribution is -0.145. The number of benzene rings is 1. The van der Waals surface area contributed by atoms with Crippen LogP contribution in [0.3, 0.4) is 0 Å². The van der Waals surface area contributed by atoms with Crippen LogP contribution < -0.4 is 33.1 Å². The number of unbranched alkanes of at least 4 members (excludes halogenated alkanes) is 11. The highest BCUT2D eigenvalue weighted by molar-refractivity contribution is 7.99. The fourth-order valence-electron chi connectivity index (χ4n) is 6.21. The van der Waals surface area contributed by atoms with Crippen LogP contribution in [-0.4, -0.2) is 87.1 Å². The lowest BCUT2D eigenvalue weighted by Gasteiger charge is -2.19. The lowest BCUT2D eigenvalue weighted by Crippen LogP contribution is -2.50. The number of nitrogen functional groups attached to an aromatic ring is 1. The number of methoxy groups -OCH3 is 1. The number of nitrogens with one attached hydrogen (secondary N) is 4. The molecular formula is C41H65N9O7S. The van der Waals surface area contributed by atoms with Gasteiger partial charge in [0.1, 0.15) is 18.2 Å². The van der Waals surface area contributed by atoms with E-state index >= 15 is 0 Å². The monoisotopic (exact) mass is 827 g/mol. The number of aromatic nitrogens is 4. The molecule has 16 nitrogen and oxygen atoms in total. The fraction of sp³-hybridized carbons (Fsp3) is 0.634. The summed E-state index contributed by atoms with van der Waals surface area (Å²) >= 11 is 1.37. The van der Waals surface area contributed by atoms with Crippen molar-refractivity contribution in [1.29, 1.82) is 0 Å². The maximum atomic E-state index is 12.8. The predicted molar refractivity (Wildman–Crippen MR) is 231 cm³/mol. The predicted octanol–water partition coefficient (Wildman–Crippen LogP) is 5.64. The van der Waals surface area contributed by atoms with Crippen LogP contribution in [0.25, 0.3) is 11.2 Å². The van der Waals surface area contributed by atoms with Crippen molar-refractivity contribution < 1.29 is 28.7 Å². The van der Waals surface area contributed by atoms with Gasteiger partial charge in [-0.25, -0.2) is 9.59 Å². The molecule has 0 spiro atoms. The summed E-state index contributed by atoms with van der Waals surface area (Å²) in [6.45, 7) is 5.41. The molecule has 2 amide bonds. The minimum absolute atomic E-state index is 0.0129. The SMILES string of the molecule is CCCCCCCCCCCCCC(=O)OCCSCC(N)C(=O)NC(CCC(=O)Nc1ccc(Cn2c(=O)[nH]c3c(N)nc(NCCCC)nc32)cc1)C(=O)OC. The molecule has 0 fully saturated rings. The number of thioether (sulfide) groups is 1. The van der Waals surface area contributed by atoms with Gasteiger partial charge < -0.3 is 41.9 Å². The number of esters is 2. The fourth-order valence-corrected chi connectivity index (χ4v) is 6.98. The highest BCUT2D eigenvalue weighted by Gasteiger charge is 2.25. The van der Waals surface area contributed by atoms with Crippen molar-refractivity contribution in [2.24, 2.45) is 5.73 Å². The Morgan fingerprint density at radius 2 is 1.55 bits per heavy atom. The number of carbonyl (C=O) groups is 4. The minimum atomic E-state index is -1.08. The van der Waals surface area contributed by atoms with Crippen molar-refractivity contribution in [2.45, 2.75) is 135 Å². The maximum absolute atomic E-state index is 12.8. The third-order valence-corrected chi connectivity index (χ3v) is 10.7. The molecule has 0 bridgehead atoms. The summed E-state index contributed by atoms with van der Waals surface area (Å²) < 4.78 is 11.6. The molecule has 2 heterocycles. The van der Waals surface area contributed by atoms with Crippen molar-refractivity contribution >= 4 is 64.1 Å². The zero-order valence-electron chi connectivity index (χ0n) is 34.6. The second-order valence-electron chi connectivity index (χ2n) is 14.5. The summed E-state index contributed by atoms with van der Waals surface area (Å²) in [7, 11) is 1.20. The molecule has 0 aliphatic carbocycles. The van der Waals surface area contributed by atoms with Gasteiger partial charge in [0.05, 0.1) is 19.7 Å². The summed E-state index contributed by atoms with van der Waals surface area (Å²) in [4.78, 5) is 74.4. The molecule has 3 aromatic rings. The molecule has 322 valence electrons. The summed E-state index contributed by atoms with van der Waals surface area (Å²) in [5.74, 6) is -0.598. The highest BCUT2D eigenvalue weighted by atomic mass is 32.2. The van der Waals surface area contributed by atoms with Gasteiger partial charge >= 0.3 is 17.6 Å². The number of rotatable bonds is 30. The van der Waals surface area contributed by atoms with E-state index in [0.717, 1.165) is 37.7 Å². The standard InChI is InChI=1S/C41H65N9O7S/c1-4-6-8-9-10-11-12-13-14-15-16-17-34(52)57-25-26-58-28-31(42)38(53)46-32(39(54)56-3)22-23-33(51)45-30-20-18-29(19-21-30)27-50-37-35(47-41(50)55)36(43)48-40(49-37)44-24-7-5-2/h18-21,31-32H,4-17,22-28,42H2,1-3H3,(H,45,51)(H,46,53)(H,47,55)(H3,43,44,48,49). The molecule has 0 aliphatic rings. The van der Waals surface area contributed by atoms with E-state index in [2.05, 4.69) is 44.7 Å². The Labute approximate surface area is 346 Å². The number of hydrogen-bond acceptors (Lipinski definition) is 13. The van der Waals surface area contributed by atoms with Gasteiger partial charge in [0.2, 0.25) is 17.8 Å². The van der Waals surface area contributed by atoms with Gasteiger partial charge in [-0.05, 0) is 37.0 Å². The Morgan fingerprint density at radius 1 is 0.897 bits per heavy atom. The van der Waals surface area contributed by atoms with Crippen LogP contribution in [0, 0.1) is 0 Å². The third-order valence-electron chi connectivity index (χ3n) is 9.61. The first-order valence-electron chi connectivity index (χ1n) is 20.8. The van der Waals surface area contributed by atoms with Crippen LogP contribution in [0.2, 0.25) is 0 Å². The second kappa shape index (κ2) is 27.1. The Morgan fingerprint density at radius 3 is 2.21 bits per heavy atom. The first-order chi connectivity index (χ1) is 28.1. The van der Waals surface area contributed by atoms with E-state index in [1.165, 1.54) is 74.8 Å². The van der Waals surface area contributed by atoms with Crippen LogP contribution >= 0.6 is 11.8 Å². The summed E-state index contributed by atoms with van der Waals surface area (Å²) in [6.07, 6.45) is 15.6. The Balaban J connectivity index is 1.34. The molecule has 8 N–H and O–H groups in total. The van der Waals surface area contributed by atoms with E-state index in [-0.39, 0.29) is 55.1 Å². The van der Waals surface area contributed by atoms with Gasteiger partial charge in [-0.15, -0.1) is 0 Å².